The molecule has 0 saturated carbocycles. The molecule has 0 saturated heterocycles. The van der Waals surface area contributed by atoms with Gasteiger partial charge in [0.2, 0.25) is 0 Å². The Balaban J connectivity index is 2.12. The predicted octanol–water partition coefficient (Wildman–Crippen LogP) is 2.63. The minimum Gasteiger partial charge on any atom is -0.370 e. The third-order valence-electron chi connectivity index (χ3n) is 3.00. The summed E-state index contributed by atoms with van der Waals surface area (Å²) in [6.45, 7) is 1.79. The molecule has 1 aromatic carbocycles. The van der Waals surface area contributed by atoms with Gasteiger partial charge in [-0.05, 0) is 6.07 Å². The second-order valence-electron chi connectivity index (χ2n) is 4.23. The molecule has 1 N–H and O–H groups in total. The summed E-state index contributed by atoms with van der Waals surface area (Å²) in [7, 11) is 0. The summed E-state index contributed by atoms with van der Waals surface area (Å²) in [6.07, 6.45) is -2.62. The van der Waals surface area contributed by atoms with Gasteiger partial charge in [0, 0.05) is 11.9 Å². The van der Waals surface area contributed by atoms with Crippen LogP contribution >= 0.6 is 11.6 Å². The normalized spacial score (nSPS) is 15.1. The maximum Gasteiger partial charge on any atom is 0.282 e. The molecule has 0 spiro atoms. The van der Waals surface area contributed by atoms with E-state index in [1.54, 1.807) is 18.2 Å². The van der Waals surface area contributed by atoms with Crippen LogP contribution in [-0.2, 0) is 6.54 Å². The average Bonchev–Trinajstić information content (AvgIpc) is 2.98. The fourth-order valence-corrected chi connectivity index (χ4v) is 2.46. The standard InChI is InChI=1S/C12H11ClF2N4/c13-8-3-1-2-7-10(12(14)15)18-19(11(7)8)6-9-16-4-5-17-9/h1-3,12H,4-6H2,(H,16,17). The average molecular weight is 285 g/mol. The lowest BCUT2D eigenvalue weighted by molar-refractivity contribution is 0.146. The summed E-state index contributed by atoms with van der Waals surface area (Å²) in [5.41, 5.74) is 0.284. The number of halogens is 3. The summed E-state index contributed by atoms with van der Waals surface area (Å²) < 4.78 is 27.5. The van der Waals surface area contributed by atoms with Gasteiger partial charge in [-0.15, -0.1) is 0 Å². The Bertz CT molecular complexity index is 650. The van der Waals surface area contributed by atoms with Gasteiger partial charge in [0.1, 0.15) is 11.5 Å². The first-order valence-corrected chi connectivity index (χ1v) is 6.25. The second-order valence-corrected chi connectivity index (χ2v) is 4.64. The molecule has 0 unspecified atom stereocenters. The number of para-hydroxylation sites is 1. The van der Waals surface area contributed by atoms with Crippen molar-refractivity contribution in [3.8, 4) is 0 Å². The third-order valence-corrected chi connectivity index (χ3v) is 3.30. The highest BCUT2D eigenvalue weighted by atomic mass is 35.5. The zero-order valence-corrected chi connectivity index (χ0v) is 10.7. The molecular weight excluding hydrogens is 274 g/mol. The SMILES string of the molecule is FC(F)c1nn(CC2=NCCN2)c2c(Cl)cccc12. The summed E-state index contributed by atoms with van der Waals surface area (Å²) in [5, 5.41) is 7.86. The van der Waals surface area contributed by atoms with Crippen molar-refractivity contribution in [1.82, 2.24) is 15.1 Å². The fraction of sp³-hybridized carbons (Fsp3) is 0.333. The molecule has 2 aromatic rings. The highest BCUT2D eigenvalue weighted by Gasteiger charge is 2.21. The molecule has 1 aliphatic heterocycles. The molecule has 2 heterocycles. The van der Waals surface area contributed by atoms with Crippen LogP contribution in [0.25, 0.3) is 10.9 Å². The summed E-state index contributed by atoms with van der Waals surface area (Å²) in [5.74, 6) is 0.741. The largest absolute Gasteiger partial charge is 0.370 e. The van der Waals surface area contributed by atoms with Crippen molar-refractivity contribution in [2.45, 2.75) is 13.0 Å². The molecule has 0 amide bonds. The lowest BCUT2D eigenvalue weighted by Gasteiger charge is -2.05. The van der Waals surface area contributed by atoms with Crippen LogP contribution in [0, 0.1) is 0 Å². The van der Waals surface area contributed by atoms with Crippen molar-refractivity contribution in [3.05, 3.63) is 28.9 Å². The number of nitrogens with zero attached hydrogens (tertiary/aromatic N) is 3. The Morgan fingerprint density at radius 3 is 2.95 bits per heavy atom. The Morgan fingerprint density at radius 2 is 2.26 bits per heavy atom. The van der Waals surface area contributed by atoms with Crippen LogP contribution in [0.3, 0.4) is 0 Å². The maximum atomic E-state index is 13.0. The Kier molecular flexibility index (Phi) is 3.10. The minimum absolute atomic E-state index is 0.240. The van der Waals surface area contributed by atoms with E-state index in [0.29, 0.717) is 29.0 Å². The van der Waals surface area contributed by atoms with E-state index in [0.717, 1.165) is 12.4 Å². The number of aromatic nitrogens is 2. The quantitative estimate of drug-likeness (QED) is 0.941. The van der Waals surface area contributed by atoms with Gasteiger partial charge in [0.15, 0.2) is 0 Å². The van der Waals surface area contributed by atoms with Crippen molar-refractivity contribution in [2.75, 3.05) is 13.1 Å². The van der Waals surface area contributed by atoms with Gasteiger partial charge >= 0.3 is 0 Å². The molecule has 0 radical (unpaired) electrons. The molecule has 0 bridgehead atoms. The van der Waals surface area contributed by atoms with Crippen molar-refractivity contribution in [3.63, 3.8) is 0 Å². The highest BCUT2D eigenvalue weighted by Crippen LogP contribution is 2.31. The van der Waals surface area contributed by atoms with Gasteiger partial charge in [-0.1, -0.05) is 23.7 Å². The van der Waals surface area contributed by atoms with E-state index in [1.807, 2.05) is 0 Å². The van der Waals surface area contributed by atoms with Crippen LogP contribution in [0.2, 0.25) is 5.02 Å². The molecular formula is C12H11ClF2N4. The number of benzene rings is 1. The van der Waals surface area contributed by atoms with E-state index >= 15 is 0 Å². The van der Waals surface area contributed by atoms with Gasteiger partial charge in [-0.3, -0.25) is 9.67 Å². The first kappa shape index (κ1) is 12.3. The monoisotopic (exact) mass is 284 g/mol. The lowest BCUT2D eigenvalue weighted by atomic mass is 10.2. The van der Waals surface area contributed by atoms with Crippen LogP contribution in [0.1, 0.15) is 12.1 Å². The van der Waals surface area contributed by atoms with Gasteiger partial charge in [-0.2, -0.15) is 5.10 Å². The first-order chi connectivity index (χ1) is 9.16. The van der Waals surface area contributed by atoms with E-state index in [-0.39, 0.29) is 5.69 Å². The molecule has 1 aliphatic rings. The smallest absolute Gasteiger partial charge is 0.282 e. The van der Waals surface area contributed by atoms with Crippen LogP contribution in [0.5, 0.6) is 0 Å². The van der Waals surface area contributed by atoms with E-state index in [9.17, 15) is 8.78 Å². The summed E-state index contributed by atoms with van der Waals surface area (Å²) >= 11 is 6.10. The zero-order chi connectivity index (χ0) is 13.4. The number of amidine groups is 1. The molecule has 19 heavy (non-hydrogen) atoms. The molecule has 0 atom stereocenters. The molecule has 0 aliphatic carbocycles. The van der Waals surface area contributed by atoms with Crippen LogP contribution in [0.4, 0.5) is 8.78 Å². The molecule has 100 valence electrons. The van der Waals surface area contributed by atoms with Crippen LogP contribution in [-0.4, -0.2) is 28.7 Å². The number of aliphatic imine (C=N–C) groups is 1. The molecule has 4 nitrogen and oxygen atoms in total. The molecule has 1 aromatic heterocycles. The van der Waals surface area contributed by atoms with Crippen molar-refractivity contribution < 1.29 is 8.78 Å². The van der Waals surface area contributed by atoms with E-state index in [4.69, 9.17) is 11.6 Å². The Labute approximate surface area is 113 Å². The lowest BCUT2D eigenvalue weighted by Crippen LogP contribution is -2.24. The van der Waals surface area contributed by atoms with Gasteiger partial charge in [-0.25, -0.2) is 8.78 Å². The number of fused-ring (bicyclic) bond motifs is 1. The fourth-order valence-electron chi connectivity index (χ4n) is 2.19. The van der Waals surface area contributed by atoms with Crippen LogP contribution in [0.15, 0.2) is 23.2 Å². The number of rotatable bonds is 3. The number of nitrogens with one attached hydrogen (secondary N) is 1. The molecule has 0 fully saturated rings. The Morgan fingerprint density at radius 1 is 1.42 bits per heavy atom. The number of alkyl halides is 2. The van der Waals surface area contributed by atoms with Crippen LogP contribution < -0.4 is 5.32 Å². The topological polar surface area (TPSA) is 42.2 Å². The molecule has 7 heteroatoms. The van der Waals surface area contributed by atoms with Gasteiger partial charge < -0.3 is 5.32 Å². The number of hydrogen-bond donors (Lipinski definition) is 1. The Hall–Kier alpha value is -1.69. The third kappa shape index (κ3) is 2.16. The van der Waals surface area contributed by atoms with Gasteiger partial charge in [0.25, 0.3) is 6.43 Å². The second kappa shape index (κ2) is 4.77. The van der Waals surface area contributed by atoms with E-state index in [1.165, 1.54) is 4.68 Å². The van der Waals surface area contributed by atoms with Crippen molar-refractivity contribution in [2.24, 2.45) is 4.99 Å². The predicted molar refractivity (Wildman–Crippen MR) is 70.0 cm³/mol. The van der Waals surface area contributed by atoms with Crippen molar-refractivity contribution in [1.29, 1.82) is 0 Å². The number of hydrogen-bond acceptors (Lipinski definition) is 3. The first-order valence-electron chi connectivity index (χ1n) is 5.87. The van der Waals surface area contributed by atoms with E-state index in [2.05, 4.69) is 15.4 Å². The van der Waals surface area contributed by atoms with Gasteiger partial charge in [0.05, 0.1) is 23.6 Å². The zero-order valence-electron chi connectivity index (χ0n) is 9.91. The summed E-state index contributed by atoms with van der Waals surface area (Å²) in [6, 6.07) is 4.92. The highest BCUT2D eigenvalue weighted by molar-refractivity contribution is 6.35. The molecule has 3 rings (SSSR count). The van der Waals surface area contributed by atoms with Crippen molar-refractivity contribution >= 4 is 28.3 Å². The summed E-state index contributed by atoms with van der Waals surface area (Å²) in [4.78, 5) is 4.24. The maximum absolute atomic E-state index is 13.0. The minimum atomic E-state index is -2.62. The van der Waals surface area contributed by atoms with E-state index < -0.39 is 6.43 Å².